The Morgan fingerprint density at radius 3 is 2.91 bits per heavy atom. The molecule has 0 unspecified atom stereocenters. The first-order valence-corrected chi connectivity index (χ1v) is 12.3. The molecule has 0 spiro atoms. The topological polar surface area (TPSA) is 95.6 Å². The quantitative estimate of drug-likeness (QED) is 0.434. The van der Waals surface area contributed by atoms with Gasteiger partial charge in [-0.05, 0) is 54.7 Å². The molecule has 9 heteroatoms. The number of aryl methyl sites for hydroxylation is 1. The van der Waals surface area contributed by atoms with Crippen molar-refractivity contribution < 1.29 is 22.3 Å². The molecule has 4 aromatic rings. The molecule has 0 bridgehead atoms. The van der Waals surface area contributed by atoms with Gasteiger partial charge in [-0.2, -0.15) is 5.10 Å². The number of methoxy groups -OCH3 is 1. The third-order valence-electron chi connectivity index (χ3n) is 5.89. The van der Waals surface area contributed by atoms with Crippen LogP contribution in [-0.4, -0.2) is 31.9 Å². The smallest absolute Gasteiger partial charge is 0.265 e. The van der Waals surface area contributed by atoms with Crippen molar-refractivity contribution in [2.75, 3.05) is 18.4 Å². The first-order valence-electron chi connectivity index (χ1n) is 10.9. The lowest BCUT2D eigenvalue weighted by molar-refractivity contribution is 0.291. The van der Waals surface area contributed by atoms with Gasteiger partial charge in [0.05, 0.1) is 31.3 Å². The third-order valence-corrected chi connectivity index (χ3v) is 7.30. The van der Waals surface area contributed by atoms with E-state index in [4.69, 9.17) is 13.9 Å². The largest absolute Gasteiger partial charge is 0.495 e. The number of aromatic nitrogens is 2. The van der Waals surface area contributed by atoms with Crippen LogP contribution in [0.5, 0.6) is 11.5 Å². The maximum Gasteiger partial charge on any atom is 0.265 e. The lowest BCUT2D eigenvalue weighted by Crippen LogP contribution is -2.15. The highest BCUT2D eigenvalue weighted by molar-refractivity contribution is 7.92. The van der Waals surface area contributed by atoms with Crippen LogP contribution in [-0.2, 0) is 29.4 Å². The number of nitrogens with one attached hydrogen (secondary N) is 1. The van der Waals surface area contributed by atoms with Gasteiger partial charge in [0, 0.05) is 18.0 Å². The molecule has 0 saturated carbocycles. The van der Waals surface area contributed by atoms with E-state index >= 15 is 0 Å². The fraction of sp³-hybridized carbons (Fsp3) is 0.292. The van der Waals surface area contributed by atoms with Crippen molar-refractivity contribution in [3.05, 3.63) is 65.7 Å². The van der Waals surface area contributed by atoms with Crippen molar-refractivity contribution in [3.8, 4) is 11.5 Å². The van der Waals surface area contributed by atoms with Crippen LogP contribution in [0.2, 0.25) is 0 Å². The molecule has 3 heterocycles. The number of hydrogen-bond donors (Lipinski definition) is 1. The monoisotopic (exact) mass is 467 g/mol. The Balaban J connectivity index is 1.57. The molecule has 172 valence electrons. The SMILES string of the molecule is CCc1ccc(S(=O)(=O)Nc2coc3cc(Cn4cccn4)c4c(c23)OCCC4)c(OC)c1. The average Bonchev–Trinajstić information content (AvgIpc) is 3.48. The molecule has 8 nitrogen and oxygen atoms in total. The van der Waals surface area contributed by atoms with Crippen molar-refractivity contribution in [2.24, 2.45) is 0 Å². The second kappa shape index (κ2) is 8.47. The van der Waals surface area contributed by atoms with Gasteiger partial charge in [0.15, 0.2) is 0 Å². The van der Waals surface area contributed by atoms with E-state index in [-0.39, 0.29) is 4.90 Å². The highest BCUT2D eigenvalue weighted by Gasteiger charge is 2.26. The van der Waals surface area contributed by atoms with E-state index in [1.807, 2.05) is 29.9 Å². The standard InChI is InChI=1S/C24H25N3O5S/c1-3-16-7-8-22(20(12-16)30-2)33(28,29)26-19-15-32-21-13-17(14-27-10-5-9-25-27)18-6-4-11-31-24(18)23(19)21/h5,7-10,12-13,15,26H,3-4,6,11,14H2,1-2H3. The highest BCUT2D eigenvalue weighted by Crippen LogP contribution is 2.42. The van der Waals surface area contributed by atoms with Crippen molar-refractivity contribution >= 4 is 26.7 Å². The molecule has 0 fully saturated rings. The van der Waals surface area contributed by atoms with Crippen molar-refractivity contribution in [1.29, 1.82) is 0 Å². The summed E-state index contributed by atoms with van der Waals surface area (Å²) in [5, 5.41) is 4.92. The minimum Gasteiger partial charge on any atom is -0.495 e. The van der Waals surface area contributed by atoms with Crippen LogP contribution in [0.25, 0.3) is 11.0 Å². The second-order valence-corrected chi connectivity index (χ2v) is 9.62. The number of hydrogen-bond acceptors (Lipinski definition) is 6. The Bertz CT molecular complexity index is 1410. The van der Waals surface area contributed by atoms with Gasteiger partial charge in [0.2, 0.25) is 0 Å². The van der Waals surface area contributed by atoms with Crippen LogP contribution in [0, 0.1) is 0 Å². The summed E-state index contributed by atoms with van der Waals surface area (Å²) in [4.78, 5) is 0.0710. The van der Waals surface area contributed by atoms with Gasteiger partial charge in [-0.1, -0.05) is 13.0 Å². The summed E-state index contributed by atoms with van der Waals surface area (Å²) in [6.07, 6.45) is 7.57. The van der Waals surface area contributed by atoms with Gasteiger partial charge in [0.1, 0.15) is 28.2 Å². The zero-order valence-corrected chi connectivity index (χ0v) is 19.3. The summed E-state index contributed by atoms with van der Waals surface area (Å²) in [7, 11) is -2.46. The summed E-state index contributed by atoms with van der Waals surface area (Å²) in [5.41, 5.74) is 3.99. The van der Waals surface area contributed by atoms with Gasteiger partial charge < -0.3 is 13.9 Å². The Hall–Kier alpha value is -3.46. The fourth-order valence-electron chi connectivity index (χ4n) is 4.25. The number of rotatable bonds is 7. The number of benzene rings is 2. The molecule has 1 N–H and O–H groups in total. The first-order chi connectivity index (χ1) is 16.0. The third kappa shape index (κ3) is 3.93. The van der Waals surface area contributed by atoms with E-state index in [9.17, 15) is 8.42 Å². The first kappa shape index (κ1) is 21.4. The predicted molar refractivity (Wildman–Crippen MR) is 125 cm³/mol. The van der Waals surface area contributed by atoms with Gasteiger partial charge in [-0.15, -0.1) is 0 Å². The number of anilines is 1. The predicted octanol–water partition coefficient (Wildman–Crippen LogP) is 4.37. The summed E-state index contributed by atoms with van der Waals surface area (Å²) < 4.78 is 48.3. The van der Waals surface area contributed by atoms with Crippen molar-refractivity contribution in [2.45, 2.75) is 37.6 Å². The van der Waals surface area contributed by atoms with Gasteiger partial charge in [-0.3, -0.25) is 9.40 Å². The molecule has 0 saturated heterocycles. The maximum atomic E-state index is 13.3. The highest BCUT2D eigenvalue weighted by atomic mass is 32.2. The molecule has 33 heavy (non-hydrogen) atoms. The Labute approximate surface area is 192 Å². The Kier molecular flexibility index (Phi) is 5.49. The minimum absolute atomic E-state index is 0.0710. The lowest BCUT2D eigenvalue weighted by Gasteiger charge is -2.22. The van der Waals surface area contributed by atoms with Crippen LogP contribution in [0.1, 0.15) is 30.0 Å². The molecule has 1 aliphatic heterocycles. The van der Waals surface area contributed by atoms with Crippen molar-refractivity contribution in [3.63, 3.8) is 0 Å². The zero-order valence-electron chi connectivity index (χ0n) is 18.5. The van der Waals surface area contributed by atoms with Crippen molar-refractivity contribution in [1.82, 2.24) is 9.78 Å². The molecule has 0 amide bonds. The molecule has 5 rings (SSSR count). The number of fused-ring (bicyclic) bond motifs is 3. The number of ether oxygens (including phenoxy) is 2. The van der Waals surface area contributed by atoms with E-state index in [1.165, 1.54) is 13.4 Å². The van der Waals surface area contributed by atoms with E-state index in [2.05, 4.69) is 9.82 Å². The van der Waals surface area contributed by atoms with Crippen LogP contribution in [0.3, 0.4) is 0 Å². The molecule has 2 aromatic carbocycles. The molecular formula is C24H25N3O5S. The molecular weight excluding hydrogens is 442 g/mol. The van der Waals surface area contributed by atoms with E-state index in [1.54, 1.807) is 24.4 Å². The average molecular weight is 468 g/mol. The molecule has 0 aliphatic carbocycles. The van der Waals surface area contributed by atoms with Crippen LogP contribution in [0.4, 0.5) is 5.69 Å². The molecule has 0 radical (unpaired) electrons. The summed E-state index contributed by atoms with van der Waals surface area (Å²) >= 11 is 0. The number of furan rings is 1. The Morgan fingerprint density at radius 2 is 2.15 bits per heavy atom. The second-order valence-electron chi connectivity index (χ2n) is 7.97. The van der Waals surface area contributed by atoms with E-state index < -0.39 is 10.0 Å². The van der Waals surface area contributed by atoms with Crippen LogP contribution >= 0.6 is 0 Å². The number of sulfonamides is 1. The van der Waals surface area contributed by atoms with Gasteiger partial charge >= 0.3 is 0 Å². The molecule has 1 aliphatic rings. The fourth-order valence-corrected chi connectivity index (χ4v) is 5.45. The molecule has 0 atom stereocenters. The summed E-state index contributed by atoms with van der Waals surface area (Å²) in [6, 6.07) is 8.92. The van der Waals surface area contributed by atoms with E-state index in [0.717, 1.165) is 36.0 Å². The molecule has 2 aromatic heterocycles. The zero-order chi connectivity index (χ0) is 23.0. The maximum absolute atomic E-state index is 13.3. The van der Waals surface area contributed by atoms with Crippen LogP contribution in [0.15, 0.2) is 58.3 Å². The summed E-state index contributed by atoms with van der Waals surface area (Å²) in [6.45, 7) is 3.15. The Morgan fingerprint density at radius 1 is 1.27 bits per heavy atom. The number of nitrogens with zero attached hydrogens (tertiary/aromatic N) is 2. The van der Waals surface area contributed by atoms with Gasteiger partial charge in [0.25, 0.3) is 10.0 Å². The van der Waals surface area contributed by atoms with Crippen LogP contribution < -0.4 is 14.2 Å². The normalized spacial score (nSPS) is 13.5. The lowest BCUT2D eigenvalue weighted by atomic mass is 9.97. The van der Waals surface area contributed by atoms with E-state index in [0.29, 0.717) is 41.3 Å². The van der Waals surface area contributed by atoms with Gasteiger partial charge in [-0.25, -0.2) is 8.42 Å². The summed E-state index contributed by atoms with van der Waals surface area (Å²) in [5.74, 6) is 0.968. The minimum atomic E-state index is -3.92.